The van der Waals surface area contributed by atoms with Gasteiger partial charge in [-0.2, -0.15) is 4.98 Å². The Kier molecular flexibility index (Phi) is 3.96. The molecule has 0 aliphatic carbocycles. The van der Waals surface area contributed by atoms with Crippen LogP contribution in [0.1, 0.15) is 31.5 Å². The molecule has 1 saturated heterocycles. The molecule has 2 heterocycles. The van der Waals surface area contributed by atoms with Gasteiger partial charge in [0.25, 0.3) is 0 Å². The van der Waals surface area contributed by atoms with Crippen LogP contribution in [0.15, 0.2) is 10.9 Å². The number of carbonyl (C=O) groups excluding carboxylic acids is 1. The highest BCUT2D eigenvalue weighted by atomic mass is 16.5. The van der Waals surface area contributed by atoms with Gasteiger partial charge in [-0.15, -0.1) is 0 Å². The van der Waals surface area contributed by atoms with Gasteiger partial charge >= 0.3 is 0 Å². The molecule has 0 N–H and O–H groups in total. The molecule has 1 amide bonds. The summed E-state index contributed by atoms with van der Waals surface area (Å²) in [6.07, 6.45) is 3.18. The van der Waals surface area contributed by atoms with Crippen LogP contribution in [-0.4, -0.2) is 59.1 Å². The van der Waals surface area contributed by atoms with Crippen LogP contribution in [-0.2, 0) is 4.79 Å². The molecule has 0 spiro atoms. The summed E-state index contributed by atoms with van der Waals surface area (Å²) in [6.45, 7) is 3.49. The van der Waals surface area contributed by atoms with E-state index in [0.29, 0.717) is 5.92 Å². The third kappa shape index (κ3) is 2.69. The number of carbonyl (C=O) groups is 1. The first kappa shape index (κ1) is 13.0. The van der Waals surface area contributed by atoms with Gasteiger partial charge in [0.1, 0.15) is 0 Å². The highest BCUT2D eigenvalue weighted by Crippen LogP contribution is 2.25. The molecule has 18 heavy (non-hydrogen) atoms. The van der Waals surface area contributed by atoms with Gasteiger partial charge in [0.15, 0.2) is 5.82 Å². The SMILES string of the molecule is C[C@@H](C(=O)N1CCC(c2ncon2)CC1)N(C)C. The van der Waals surface area contributed by atoms with Gasteiger partial charge in [-0.3, -0.25) is 9.69 Å². The van der Waals surface area contributed by atoms with Crippen molar-refractivity contribution in [3.05, 3.63) is 12.2 Å². The third-order valence-corrected chi connectivity index (χ3v) is 3.68. The minimum Gasteiger partial charge on any atom is -0.343 e. The number of likely N-dealkylation sites (tertiary alicyclic amines) is 1. The maximum Gasteiger partial charge on any atom is 0.239 e. The minimum absolute atomic E-state index is 0.0632. The summed E-state index contributed by atoms with van der Waals surface area (Å²) in [5, 5.41) is 3.88. The highest BCUT2D eigenvalue weighted by Gasteiger charge is 2.28. The van der Waals surface area contributed by atoms with Crippen molar-refractivity contribution < 1.29 is 9.32 Å². The lowest BCUT2D eigenvalue weighted by atomic mass is 9.96. The summed E-state index contributed by atoms with van der Waals surface area (Å²) in [6, 6.07) is -0.0632. The summed E-state index contributed by atoms with van der Waals surface area (Å²) in [4.78, 5) is 20.1. The first-order chi connectivity index (χ1) is 8.59. The first-order valence-corrected chi connectivity index (χ1v) is 6.31. The number of aromatic nitrogens is 2. The van der Waals surface area contributed by atoms with Gasteiger partial charge in [0.05, 0.1) is 6.04 Å². The molecular formula is C12H20N4O2. The second kappa shape index (κ2) is 5.48. The molecular weight excluding hydrogens is 232 g/mol. The molecule has 0 saturated carbocycles. The number of likely N-dealkylation sites (N-methyl/N-ethyl adjacent to an activating group) is 1. The summed E-state index contributed by atoms with van der Waals surface area (Å²) in [5.74, 6) is 1.29. The summed E-state index contributed by atoms with van der Waals surface area (Å²) >= 11 is 0. The van der Waals surface area contributed by atoms with Gasteiger partial charge in [0, 0.05) is 19.0 Å². The Labute approximate surface area is 107 Å². The predicted molar refractivity (Wildman–Crippen MR) is 66.0 cm³/mol. The van der Waals surface area contributed by atoms with Gasteiger partial charge < -0.3 is 9.42 Å². The van der Waals surface area contributed by atoms with E-state index in [-0.39, 0.29) is 11.9 Å². The van der Waals surface area contributed by atoms with Crippen LogP contribution in [0.5, 0.6) is 0 Å². The molecule has 1 atom stereocenters. The number of nitrogens with zero attached hydrogens (tertiary/aromatic N) is 4. The van der Waals surface area contributed by atoms with Crippen molar-refractivity contribution >= 4 is 5.91 Å². The molecule has 6 heteroatoms. The molecule has 0 radical (unpaired) electrons. The summed E-state index contributed by atoms with van der Waals surface area (Å²) < 4.78 is 4.76. The van der Waals surface area contributed by atoms with E-state index < -0.39 is 0 Å². The van der Waals surface area contributed by atoms with Crippen LogP contribution in [0.3, 0.4) is 0 Å². The maximum absolute atomic E-state index is 12.2. The van der Waals surface area contributed by atoms with Crippen molar-refractivity contribution in [2.45, 2.75) is 31.7 Å². The van der Waals surface area contributed by atoms with Crippen LogP contribution in [0, 0.1) is 0 Å². The van der Waals surface area contributed by atoms with Crippen molar-refractivity contribution in [1.82, 2.24) is 19.9 Å². The average molecular weight is 252 g/mol. The Morgan fingerprint density at radius 3 is 2.67 bits per heavy atom. The number of piperidine rings is 1. The van der Waals surface area contributed by atoms with E-state index >= 15 is 0 Å². The smallest absolute Gasteiger partial charge is 0.239 e. The quantitative estimate of drug-likeness (QED) is 0.793. The van der Waals surface area contributed by atoms with Gasteiger partial charge in [-0.05, 0) is 33.9 Å². The molecule has 2 rings (SSSR count). The largest absolute Gasteiger partial charge is 0.343 e. The molecule has 100 valence electrons. The van der Waals surface area contributed by atoms with Crippen LogP contribution < -0.4 is 0 Å². The fourth-order valence-corrected chi connectivity index (χ4v) is 2.20. The van der Waals surface area contributed by atoms with E-state index in [1.165, 1.54) is 6.39 Å². The minimum atomic E-state index is -0.0632. The molecule has 0 unspecified atom stereocenters. The van der Waals surface area contributed by atoms with Gasteiger partial charge in [-0.1, -0.05) is 5.16 Å². The Balaban J connectivity index is 1.89. The van der Waals surface area contributed by atoms with Crippen LogP contribution in [0.25, 0.3) is 0 Å². The lowest BCUT2D eigenvalue weighted by molar-refractivity contribution is -0.136. The van der Waals surface area contributed by atoms with Gasteiger partial charge in [-0.25, -0.2) is 0 Å². The van der Waals surface area contributed by atoms with Crippen molar-refractivity contribution in [2.24, 2.45) is 0 Å². The topological polar surface area (TPSA) is 62.5 Å². The zero-order valence-corrected chi connectivity index (χ0v) is 11.2. The third-order valence-electron chi connectivity index (χ3n) is 3.68. The molecule has 6 nitrogen and oxygen atoms in total. The zero-order chi connectivity index (χ0) is 13.1. The summed E-state index contributed by atoms with van der Waals surface area (Å²) in [7, 11) is 3.85. The fourth-order valence-electron chi connectivity index (χ4n) is 2.20. The molecule has 1 aliphatic heterocycles. The molecule has 1 aliphatic rings. The van der Waals surface area contributed by atoms with E-state index in [2.05, 4.69) is 10.1 Å². The number of hydrogen-bond donors (Lipinski definition) is 0. The van der Waals surface area contributed by atoms with Crippen molar-refractivity contribution in [3.63, 3.8) is 0 Å². The molecule has 1 fully saturated rings. The number of amides is 1. The Bertz CT molecular complexity index is 383. The van der Waals surface area contributed by atoms with E-state index in [9.17, 15) is 4.79 Å². The Morgan fingerprint density at radius 1 is 1.50 bits per heavy atom. The van der Waals surface area contributed by atoms with Crippen LogP contribution >= 0.6 is 0 Å². The van der Waals surface area contributed by atoms with E-state index in [0.717, 1.165) is 31.8 Å². The Morgan fingerprint density at radius 2 is 2.17 bits per heavy atom. The van der Waals surface area contributed by atoms with E-state index in [1.54, 1.807) is 0 Å². The lowest BCUT2D eigenvalue weighted by Gasteiger charge is -2.33. The normalized spacial score (nSPS) is 19.2. The summed E-state index contributed by atoms with van der Waals surface area (Å²) in [5.41, 5.74) is 0. The van der Waals surface area contributed by atoms with Crippen LogP contribution in [0.2, 0.25) is 0 Å². The lowest BCUT2D eigenvalue weighted by Crippen LogP contribution is -2.47. The monoisotopic (exact) mass is 252 g/mol. The molecule has 1 aromatic heterocycles. The van der Waals surface area contributed by atoms with Gasteiger partial charge in [0.2, 0.25) is 12.3 Å². The molecule has 0 bridgehead atoms. The molecule has 0 aromatic carbocycles. The average Bonchev–Trinajstić information content (AvgIpc) is 2.91. The Hall–Kier alpha value is -1.43. The zero-order valence-electron chi connectivity index (χ0n) is 11.2. The fraction of sp³-hybridized carbons (Fsp3) is 0.750. The van der Waals surface area contributed by atoms with Crippen LogP contribution in [0.4, 0.5) is 0 Å². The standard InChI is InChI=1S/C12H20N4O2/c1-9(15(2)3)12(17)16-6-4-10(5-7-16)11-13-8-18-14-11/h8-10H,4-7H2,1-3H3/t9-/m0/s1. The predicted octanol–water partition coefficient (Wildman–Crippen LogP) is 0.726. The molecule has 1 aromatic rings. The van der Waals surface area contributed by atoms with Crippen molar-refractivity contribution in [3.8, 4) is 0 Å². The number of hydrogen-bond acceptors (Lipinski definition) is 5. The van der Waals surface area contributed by atoms with Crippen molar-refractivity contribution in [2.75, 3.05) is 27.2 Å². The van der Waals surface area contributed by atoms with E-state index in [1.807, 2.05) is 30.8 Å². The first-order valence-electron chi connectivity index (χ1n) is 6.31. The highest BCUT2D eigenvalue weighted by molar-refractivity contribution is 5.81. The number of rotatable bonds is 3. The van der Waals surface area contributed by atoms with E-state index in [4.69, 9.17) is 4.52 Å². The van der Waals surface area contributed by atoms with Crippen molar-refractivity contribution in [1.29, 1.82) is 0 Å². The second-order valence-corrected chi connectivity index (χ2v) is 5.03. The maximum atomic E-state index is 12.2. The second-order valence-electron chi connectivity index (χ2n) is 5.03.